The summed E-state index contributed by atoms with van der Waals surface area (Å²) in [7, 11) is 0. The predicted octanol–water partition coefficient (Wildman–Crippen LogP) is 7.16. The van der Waals surface area contributed by atoms with Crippen LogP contribution in [0.3, 0.4) is 0 Å². The number of hydrogen-bond acceptors (Lipinski definition) is 2. The Kier molecular flexibility index (Phi) is 9.73. The Morgan fingerprint density at radius 2 is 1.52 bits per heavy atom. The van der Waals surface area contributed by atoms with Crippen molar-refractivity contribution in [2.24, 2.45) is 0 Å². The van der Waals surface area contributed by atoms with E-state index in [0.29, 0.717) is 17.8 Å². The molecule has 160 valence electrons. The lowest BCUT2D eigenvalue weighted by molar-refractivity contribution is 0.171. The molecule has 29 heavy (non-hydrogen) atoms. The summed E-state index contributed by atoms with van der Waals surface area (Å²) in [6, 6.07) is 18.0. The smallest absolute Gasteiger partial charge is 0.119 e. The van der Waals surface area contributed by atoms with Crippen molar-refractivity contribution in [3.63, 3.8) is 0 Å². The second-order valence-electron chi connectivity index (χ2n) is 8.84. The Hall–Kier alpha value is -1.80. The molecule has 0 aliphatic rings. The highest BCUT2D eigenvalue weighted by molar-refractivity contribution is 5.46. The quantitative estimate of drug-likeness (QED) is 0.385. The maximum absolute atomic E-state index is 10.8. The van der Waals surface area contributed by atoms with E-state index >= 15 is 0 Å². The van der Waals surface area contributed by atoms with E-state index in [1.54, 1.807) is 0 Å². The van der Waals surface area contributed by atoms with Gasteiger partial charge in [0, 0.05) is 23.6 Å². The van der Waals surface area contributed by atoms with Crippen LogP contribution in [0, 0.1) is 0 Å². The van der Waals surface area contributed by atoms with Gasteiger partial charge >= 0.3 is 0 Å². The van der Waals surface area contributed by atoms with Crippen LogP contribution in [0.4, 0.5) is 0 Å². The van der Waals surface area contributed by atoms with Gasteiger partial charge in [-0.3, -0.25) is 4.90 Å². The summed E-state index contributed by atoms with van der Waals surface area (Å²) in [5, 5.41) is 10.8. The SMILES string of the molecule is CCCCc1cccc(O)c1C(CCCCN(C(C)C)C(C)C)c1ccccc1. The third-order valence-corrected chi connectivity index (χ3v) is 6.01. The predicted molar refractivity (Wildman–Crippen MR) is 126 cm³/mol. The number of nitrogens with zero attached hydrogens (tertiary/aromatic N) is 1. The number of benzene rings is 2. The summed E-state index contributed by atoms with van der Waals surface area (Å²) in [5.74, 6) is 0.717. The normalized spacial score (nSPS) is 12.8. The molecule has 2 nitrogen and oxygen atoms in total. The summed E-state index contributed by atoms with van der Waals surface area (Å²) in [4.78, 5) is 2.57. The van der Waals surface area contributed by atoms with Crippen LogP contribution in [0.5, 0.6) is 5.75 Å². The fourth-order valence-electron chi connectivity index (χ4n) is 4.51. The molecule has 0 amide bonds. The average Bonchev–Trinajstić information content (AvgIpc) is 2.70. The molecule has 0 radical (unpaired) electrons. The molecule has 1 unspecified atom stereocenters. The van der Waals surface area contributed by atoms with E-state index in [9.17, 15) is 5.11 Å². The lowest BCUT2D eigenvalue weighted by Gasteiger charge is -2.30. The molecule has 2 heteroatoms. The minimum absolute atomic E-state index is 0.260. The Morgan fingerprint density at radius 3 is 2.14 bits per heavy atom. The summed E-state index contributed by atoms with van der Waals surface area (Å²) < 4.78 is 0. The van der Waals surface area contributed by atoms with Crippen molar-refractivity contribution >= 4 is 0 Å². The number of aryl methyl sites for hydroxylation is 1. The Morgan fingerprint density at radius 1 is 0.828 bits per heavy atom. The zero-order valence-corrected chi connectivity index (χ0v) is 19.2. The van der Waals surface area contributed by atoms with Gasteiger partial charge in [-0.15, -0.1) is 0 Å². The van der Waals surface area contributed by atoms with Crippen molar-refractivity contribution in [3.8, 4) is 5.75 Å². The van der Waals surface area contributed by atoms with E-state index in [1.807, 2.05) is 12.1 Å². The Balaban J connectivity index is 2.20. The highest BCUT2D eigenvalue weighted by atomic mass is 16.3. The third kappa shape index (κ3) is 6.89. The molecule has 1 atom stereocenters. The average molecular weight is 396 g/mol. The number of aromatic hydroxyl groups is 1. The van der Waals surface area contributed by atoms with Crippen LogP contribution in [0.15, 0.2) is 48.5 Å². The van der Waals surface area contributed by atoms with Crippen LogP contribution in [0.2, 0.25) is 0 Å². The van der Waals surface area contributed by atoms with Gasteiger partial charge in [-0.25, -0.2) is 0 Å². The number of unbranched alkanes of at least 4 members (excludes halogenated alkanes) is 2. The van der Waals surface area contributed by atoms with Gasteiger partial charge in [0.15, 0.2) is 0 Å². The zero-order valence-electron chi connectivity index (χ0n) is 19.2. The van der Waals surface area contributed by atoms with Crippen LogP contribution in [-0.4, -0.2) is 28.6 Å². The van der Waals surface area contributed by atoms with Crippen molar-refractivity contribution in [3.05, 3.63) is 65.2 Å². The van der Waals surface area contributed by atoms with Gasteiger partial charge in [-0.05, 0) is 77.1 Å². The molecular formula is C27H41NO. The maximum Gasteiger partial charge on any atom is 0.119 e. The molecule has 0 saturated carbocycles. The molecule has 0 fully saturated rings. The minimum Gasteiger partial charge on any atom is -0.508 e. The maximum atomic E-state index is 10.8. The van der Waals surface area contributed by atoms with Crippen LogP contribution in [0.1, 0.15) is 89.3 Å². The largest absolute Gasteiger partial charge is 0.508 e. The first kappa shape index (κ1) is 23.5. The first-order chi connectivity index (χ1) is 14.0. The molecule has 0 saturated heterocycles. The number of hydrogen-bond donors (Lipinski definition) is 1. The van der Waals surface area contributed by atoms with E-state index in [4.69, 9.17) is 0 Å². The standard InChI is InChI=1S/C27H41NO/c1-6-7-14-24-17-13-19-26(29)27(24)25(23-15-9-8-10-16-23)18-11-12-20-28(21(2)3)22(4)5/h8-10,13,15-17,19,21-22,25,29H,6-7,11-12,14,18,20H2,1-5H3. The van der Waals surface area contributed by atoms with Gasteiger partial charge in [0.2, 0.25) is 0 Å². The Bertz CT molecular complexity index is 700. The van der Waals surface area contributed by atoms with Gasteiger partial charge in [0.05, 0.1) is 0 Å². The molecule has 0 aliphatic carbocycles. The molecule has 0 aliphatic heterocycles. The van der Waals surface area contributed by atoms with Gasteiger partial charge < -0.3 is 5.11 Å². The molecule has 2 aromatic rings. The molecule has 0 spiro atoms. The van der Waals surface area contributed by atoms with Crippen LogP contribution in [0.25, 0.3) is 0 Å². The second-order valence-corrected chi connectivity index (χ2v) is 8.84. The van der Waals surface area contributed by atoms with Crippen molar-refractivity contribution in [1.29, 1.82) is 0 Å². The highest BCUT2D eigenvalue weighted by Gasteiger charge is 2.21. The second kappa shape index (κ2) is 12.0. The van der Waals surface area contributed by atoms with Crippen molar-refractivity contribution in [1.82, 2.24) is 4.90 Å². The first-order valence-corrected chi connectivity index (χ1v) is 11.6. The molecule has 0 bridgehead atoms. The minimum atomic E-state index is 0.260. The molecule has 0 aromatic heterocycles. The third-order valence-electron chi connectivity index (χ3n) is 6.01. The van der Waals surface area contributed by atoms with Gasteiger partial charge in [-0.1, -0.05) is 62.2 Å². The van der Waals surface area contributed by atoms with E-state index < -0.39 is 0 Å². The monoisotopic (exact) mass is 395 g/mol. The van der Waals surface area contributed by atoms with Crippen molar-refractivity contribution in [2.45, 2.75) is 91.1 Å². The van der Waals surface area contributed by atoms with Crippen molar-refractivity contribution in [2.75, 3.05) is 6.54 Å². The number of phenolic OH excluding ortho intramolecular Hbond substituents is 1. The zero-order chi connectivity index (χ0) is 21.2. The summed E-state index contributed by atoms with van der Waals surface area (Å²) in [6.07, 6.45) is 6.80. The van der Waals surface area contributed by atoms with Crippen LogP contribution in [-0.2, 0) is 6.42 Å². The summed E-state index contributed by atoms with van der Waals surface area (Å²) >= 11 is 0. The van der Waals surface area contributed by atoms with Crippen molar-refractivity contribution < 1.29 is 5.11 Å². The molecule has 1 N–H and O–H groups in total. The van der Waals surface area contributed by atoms with E-state index in [-0.39, 0.29) is 5.92 Å². The fraction of sp³-hybridized carbons (Fsp3) is 0.556. The lowest BCUT2D eigenvalue weighted by atomic mass is 9.82. The van der Waals surface area contributed by atoms with E-state index in [2.05, 4.69) is 75.9 Å². The first-order valence-electron chi connectivity index (χ1n) is 11.6. The topological polar surface area (TPSA) is 23.5 Å². The molecule has 2 rings (SSSR count). The number of rotatable bonds is 12. The van der Waals surface area contributed by atoms with Gasteiger partial charge in [-0.2, -0.15) is 0 Å². The summed E-state index contributed by atoms with van der Waals surface area (Å²) in [5.41, 5.74) is 3.78. The molecular weight excluding hydrogens is 354 g/mol. The van der Waals surface area contributed by atoms with Crippen LogP contribution >= 0.6 is 0 Å². The van der Waals surface area contributed by atoms with Gasteiger partial charge in [0.25, 0.3) is 0 Å². The molecule has 0 heterocycles. The summed E-state index contributed by atoms with van der Waals surface area (Å²) in [6.45, 7) is 12.5. The Labute approximate surface area is 179 Å². The highest BCUT2D eigenvalue weighted by Crippen LogP contribution is 2.38. The van der Waals surface area contributed by atoms with E-state index in [0.717, 1.165) is 37.8 Å². The lowest BCUT2D eigenvalue weighted by Crippen LogP contribution is -2.37. The van der Waals surface area contributed by atoms with Crippen LogP contribution < -0.4 is 0 Å². The van der Waals surface area contributed by atoms with E-state index in [1.165, 1.54) is 24.0 Å². The van der Waals surface area contributed by atoms with Gasteiger partial charge in [0.1, 0.15) is 5.75 Å². The number of phenols is 1. The molecule has 2 aromatic carbocycles. The fourth-order valence-corrected chi connectivity index (χ4v) is 4.51.